The zero-order chi connectivity index (χ0) is 20.3. The predicted molar refractivity (Wildman–Crippen MR) is 111 cm³/mol. The van der Waals surface area contributed by atoms with E-state index < -0.39 is 21.8 Å². The summed E-state index contributed by atoms with van der Waals surface area (Å²) in [6.07, 6.45) is 7.13. The van der Waals surface area contributed by atoms with E-state index in [4.69, 9.17) is 5.73 Å². The van der Waals surface area contributed by atoms with Crippen LogP contribution in [0.5, 0.6) is 0 Å². The number of amides is 1. The van der Waals surface area contributed by atoms with Crippen LogP contribution in [0.3, 0.4) is 0 Å². The lowest BCUT2D eigenvalue weighted by Gasteiger charge is -2.31. The van der Waals surface area contributed by atoms with Crippen LogP contribution in [0.15, 0.2) is 24.3 Å². The number of primary amides is 1. The molecule has 4 nitrogen and oxygen atoms in total. The number of carbonyl (C=O) groups is 1. The van der Waals surface area contributed by atoms with E-state index in [1.54, 1.807) is 19.1 Å². The molecular formula is C22H27FN2O2S. The molecule has 1 aliphatic carbocycles. The summed E-state index contributed by atoms with van der Waals surface area (Å²) in [4.78, 5) is 13.9. The molecule has 1 heterocycles. The molecule has 6 heteroatoms. The fourth-order valence-corrected chi connectivity index (χ4v) is 3.84. The zero-order valence-electron chi connectivity index (χ0n) is 16.5. The summed E-state index contributed by atoms with van der Waals surface area (Å²) in [6, 6.07) is 5.27. The summed E-state index contributed by atoms with van der Waals surface area (Å²) in [5.74, 6) is 5.70. The second kappa shape index (κ2) is 8.69. The van der Waals surface area contributed by atoms with E-state index in [2.05, 4.69) is 22.8 Å². The molecule has 0 bridgehead atoms. The Morgan fingerprint density at radius 3 is 2.75 bits per heavy atom. The first-order chi connectivity index (χ1) is 13.3. The Labute approximate surface area is 169 Å². The molecule has 2 aliphatic rings. The van der Waals surface area contributed by atoms with Gasteiger partial charge in [0.15, 0.2) is 0 Å². The highest BCUT2D eigenvalue weighted by molar-refractivity contribution is 7.92. The Bertz CT molecular complexity index is 839. The highest BCUT2D eigenvalue weighted by Crippen LogP contribution is 2.28. The van der Waals surface area contributed by atoms with Crippen molar-refractivity contribution in [2.24, 2.45) is 11.7 Å². The number of hydrogen-bond donors (Lipinski definition) is 1. The lowest BCUT2D eigenvalue weighted by atomic mass is 9.97. The molecule has 2 atom stereocenters. The van der Waals surface area contributed by atoms with Gasteiger partial charge in [0.05, 0.1) is 11.8 Å². The number of halogens is 1. The van der Waals surface area contributed by atoms with Gasteiger partial charge in [0.2, 0.25) is 4.75 Å². The van der Waals surface area contributed by atoms with Gasteiger partial charge in [0.1, 0.15) is 5.82 Å². The van der Waals surface area contributed by atoms with E-state index in [1.165, 1.54) is 6.26 Å². The molecule has 0 aromatic heterocycles. The number of rotatable bonds is 6. The molecule has 1 aromatic rings. The summed E-state index contributed by atoms with van der Waals surface area (Å²) in [5, 5.41) is 0. The van der Waals surface area contributed by atoms with Crippen molar-refractivity contribution in [2.75, 3.05) is 25.9 Å². The minimum absolute atomic E-state index is 0.267. The van der Waals surface area contributed by atoms with Crippen LogP contribution in [0.25, 0.3) is 5.57 Å². The van der Waals surface area contributed by atoms with Crippen LogP contribution in [0.1, 0.15) is 43.7 Å². The third-order valence-electron chi connectivity index (χ3n) is 5.68. The Morgan fingerprint density at radius 1 is 1.46 bits per heavy atom. The third-order valence-corrected chi connectivity index (χ3v) is 7.36. The van der Waals surface area contributed by atoms with Gasteiger partial charge >= 0.3 is 0 Å². The summed E-state index contributed by atoms with van der Waals surface area (Å²) in [6.45, 7) is 3.83. The molecule has 28 heavy (non-hydrogen) atoms. The average Bonchev–Trinajstić information content (AvgIpc) is 3.49. The van der Waals surface area contributed by atoms with E-state index in [9.17, 15) is 13.7 Å². The third kappa shape index (κ3) is 4.96. The molecule has 1 fully saturated rings. The molecule has 1 aromatic carbocycles. The number of nitrogens with zero attached hydrogens (tertiary/aromatic N) is 1. The summed E-state index contributed by atoms with van der Waals surface area (Å²) in [5.41, 5.74) is 7.92. The molecule has 2 N–H and O–H groups in total. The molecule has 0 saturated heterocycles. The summed E-state index contributed by atoms with van der Waals surface area (Å²) in [7, 11) is 0. The maximum atomic E-state index is 14.3. The van der Waals surface area contributed by atoms with Gasteiger partial charge in [-0.25, -0.2) is 4.39 Å². The van der Waals surface area contributed by atoms with Crippen LogP contribution < -0.4 is 5.73 Å². The van der Waals surface area contributed by atoms with E-state index >= 15 is 0 Å². The molecule has 3 rings (SSSR count). The number of carbonyl (C=O) groups excluding carboxylic acids is 1. The number of hydrogen-bond acceptors (Lipinski definition) is 3. The molecule has 2 unspecified atom stereocenters. The van der Waals surface area contributed by atoms with Crippen molar-refractivity contribution in [2.45, 2.75) is 37.4 Å². The fourth-order valence-electron chi connectivity index (χ4n) is 3.18. The summed E-state index contributed by atoms with van der Waals surface area (Å²) >= 11 is -1.32. The number of benzene rings is 1. The smallest absolute Gasteiger partial charge is 0.273 e. The maximum Gasteiger partial charge on any atom is 0.273 e. The second-order valence-electron chi connectivity index (χ2n) is 7.82. The predicted octanol–water partition coefficient (Wildman–Crippen LogP) is 2.69. The number of nitrogens with two attached hydrogens (primary N) is 1. The van der Waals surface area contributed by atoms with E-state index in [0.29, 0.717) is 31.0 Å². The minimum atomic E-state index is -1.32. The van der Waals surface area contributed by atoms with Gasteiger partial charge in [0, 0.05) is 32.0 Å². The Balaban J connectivity index is 1.60. The van der Waals surface area contributed by atoms with Gasteiger partial charge in [-0.2, -0.15) is 0 Å². The summed E-state index contributed by atoms with van der Waals surface area (Å²) < 4.78 is 25.2. The zero-order valence-corrected chi connectivity index (χ0v) is 17.3. The van der Waals surface area contributed by atoms with Crippen LogP contribution in [0, 0.1) is 23.6 Å². The van der Waals surface area contributed by atoms with Crippen molar-refractivity contribution in [3.05, 3.63) is 41.2 Å². The van der Waals surface area contributed by atoms with Gasteiger partial charge in [-0.3, -0.25) is 9.69 Å². The second-order valence-corrected chi connectivity index (χ2v) is 9.63. The van der Waals surface area contributed by atoms with E-state index in [1.807, 2.05) is 6.07 Å². The molecule has 150 valence electrons. The van der Waals surface area contributed by atoms with Gasteiger partial charge in [-0.15, -0.1) is 0 Å². The van der Waals surface area contributed by atoms with E-state index in [0.717, 1.165) is 36.9 Å². The first-order valence-corrected chi connectivity index (χ1v) is 11.2. The maximum absolute atomic E-state index is 14.3. The molecule has 1 amide bonds. The molecule has 1 aliphatic heterocycles. The van der Waals surface area contributed by atoms with Gasteiger partial charge in [-0.1, -0.05) is 24.0 Å². The first kappa shape index (κ1) is 20.9. The highest BCUT2D eigenvalue weighted by atomic mass is 32.2. The van der Waals surface area contributed by atoms with Crippen molar-refractivity contribution >= 4 is 22.7 Å². The fraction of sp³-hybridized carbons (Fsp3) is 0.500. The Morgan fingerprint density at radius 2 is 2.21 bits per heavy atom. The molecule has 1 saturated carbocycles. The topological polar surface area (TPSA) is 69.4 Å². The average molecular weight is 403 g/mol. The van der Waals surface area contributed by atoms with Gasteiger partial charge in [0.25, 0.3) is 5.91 Å². The minimum Gasteiger partial charge on any atom is -0.616 e. The first-order valence-electron chi connectivity index (χ1n) is 9.66. The van der Waals surface area contributed by atoms with Crippen LogP contribution in [0.4, 0.5) is 4.39 Å². The normalized spacial score (nSPS) is 20.5. The molecule has 0 radical (unpaired) electrons. The highest BCUT2D eigenvalue weighted by Gasteiger charge is 2.41. The van der Waals surface area contributed by atoms with E-state index in [-0.39, 0.29) is 5.82 Å². The largest absolute Gasteiger partial charge is 0.616 e. The van der Waals surface area contributed by atoms with Crippen molar-refractivity contribution in [3.63, 3.8) is 0 Å². The lowest BCUT2D eigenvalue weighted by Crippen LogP contribution is -2.49. The lowest BCUT2D eigenvalue weighted by molar-refractivity contribution is -0.120. The standard InChI is InChI=1S/C22H27FN2O2S/c1-22(21(24)26,28(2)27)11-14-25-12-9-17(10-13-25)19-8-7-18(20(23)15-19)6-5-16-3-4-16/h7-9,15-16H,3-4,10-14H2,1-2H3,(H2,24,26). The Kier molecular flexibility index (Phi) is 6.49. The van der Waals surface area contributed by atoms with Crippen molar-refractivity contribution in [1.82, 2.24) is 4.90 Å². The van der Waals surface area contributed by atoms with Crippen molar-refractivity contribution in [3.8, 4) is 11.8 Å². The van der Waals surface area contributed by atoms with Crippen LogP contribution >= 0.6 is 0 Å². The van der Waals surface area contributed by atoms with Gasteiger partial charge in [-0.05, 0) is 60.6 Å². The quantitative estimate of drug-likeness (QED) is 0.588. The van der Waals surface area contributed by atoms with Crippen LogP contribution in [0.2, 0.25) is 0 Å². The van der Waals surface area contributed by atoms with Crippen molar-refractivity contribution < 1.29 is 13.7 Å². The van der Waals surface area contributed by atoms with Crippen molar-refractivity contribution in [1.29, 1.82) is 0 Å². The molecular weight excluding hydrogens is 375 g/mol. The van der Waals surface area contributed by atoms with Crippen LogP contribution in [-0.4, -0.2) is 46.0 Å². The SMILES string of the molecule is C[S+]([O-])C(C)(CCN1CC=C(c2ccc(C#CC3CC3)c(F)c2)CC1)C(N)=O. The van der Waals surface area contributed by atoms with Gasteiger partial charge < -0.3 is 10.3 Å². The monoisotopic (exact) mass is 402 g/mol. The molecule has 0 spiro atoms. The van der Waals surface area contributed by atoms with Crippen LogP contribution in [-0.2, 0) is 16.0 Å². The Hall–Kier alpha value is -1.81.